The summed E-state index contributed by atoms with van der Waals surface area (Å²) in [6.45, 7) is 1.52. The lowest BCUT2D eigenvalue weighted by Gasteiger charge is -2.35. The van der Waals surface area contributed by atoms with Gasteiger partial charge in [-0.05, 0) is 24.6 Å². The van der Waals surface area contributed by atoms with Gasteiger partial charge in [0.1, 0.15) is 0 Å². The minimum absolute atomic E-state index is 0.0137. The summed E-state index contributed by atoms with van der Waals surface area (Å²) in [7, 11) is 0. The largest absolute Gasteiger partial charge is 0.441 e. The number of piperazine rings is 1. The van der Waals surface area contributed by atoms with Crippen LogP contribution in [0, 0.1) is 11.6 Å². The molecular weight excluding hydrogens is 416 g/mol. The first-order valence-corrected chi connectivity index (χ1v) is 10.5. The van der Waals surface area contributed by atoms with Gasteiger partial charge in [0.05, 0.1) is 6.20 Å². The molecule has 1 fully saturated rings. The molecule has 1 aromatic heterocycles. The summed E-state index contributed by atoms with van der Waals surface area (Å²) < 4.78 is 32.2. The van der Waals surface area contributed by atoms with E-state index in [-0.39, 0.29) is 17.4 Å². The number of aryl methyl sites for hydroxylation is 1. The second-order valence-corrected chi connectivity index (χ2v) is 7.64. The van der Waals surface area contributed by atoms with Gasteiger partial charge in [-0.25, -0.2) is 13.8 Å². The standard InChI is InChI=1S/C24H23F2N3O3/c25-19-10-9-18(15-20(19)26)24(31)29-13-11-28(12-14-29)23(30)8-4-7-22-27-16-21(32-22)17-5-2-1-3-6-17/h1-3,5-6,9-10,15-16H,4,7-8,11-14H2. The second kappa shape index (κ2) is 9.72. The van der Waals surface area contributed by atoms with Crippen LogP contribution in [0.25, 0.3) is 11.3 Å². The first kappa shape index (κ1) is 21.7. The van der Waals surface area contributed by atoms with E-state index < -0.39 is 11.6 Å². The normalized spacial score (nSPS) is 13.9. The number of carbonyl (C=O) groups is 2. The quantitative estimate of drug-likeness (QED) is 0.584. The van der Waals surface area contributed by atoms with Crippen molar-refractivity contribution in [2.45, 2.75) is 19.3 Å². The average molecular weight is 439 g/mol. The number of halogens is 2. The highest BCUT2D eigenvalue weighted by atomic mass is 19.2. The predicted octanol–water partition coefficient (Wildman–Crippen LogP) is 3.93. The molecule has 0 spiro atoms. The summed E-state index contributed by atoms with van der Waals surface area (Å²) in [4.78, 5) is 32.6. The minimum Gasteiger partial charge on any atom is -0.441 e. The lowest BCUT2D eigenvalue weighted by molar-refractivity contribution is -0.132. The SMILES string of the molecule is O=C(CCCc1ncc(-c2ccccc2)o1)N1CCN(C(=O)c2ccc(F)c(F)c2)CC1. The minimum atomic E-state index is -1.05. The third-order valence-corrected chi connectivity index (χ3v) is 5.48. The summed E-state index contributed by atoms with van der Waals surface area (Å²) in [5, 5.41) is 0. The molecule has 0 atom stereocenters. The number of hydrogen-bond donors (Lipinski definition) is 0. The Balaban J connectivity index is 1.22. The molecule has 6 nitrogen and oxygen atoms in total. The Hall–Kier alpha value is -3.55. The zero-order valence-electron chi connectivity index (χ0n) is 17.5. The van der Waals surface area contributed by atoms with Gasteiger partial charge in [-0.15, -0.1) is 0 Å². The molecule has 2 amide bonds. The number of aromatic nitrogens is 1. The van der Waals surface area contributed by atoms with Crippen molar-refractivity contribution in [3.05, 3.63) is 77.8 Å². The van der Waals surface area contributed by atoms with E-state index in [9.17, 15) is 18.4 Å². The van der Waals surface area contributed by atoms with E-state index >= 15 is 0 Å². The topological polar surface area (TPSA) is 66.7 Å². The number of benzene rings is 2. The summed E-state index contributed by atoms with van der Waals surface area (Å²) in [5.41, 5.74) is 1.06. The fourth-order valence-electron chi connectivity index (χ4n) is 3.68. The van der Waals surface area contributed by atoms with E-state index in [0.717, 1.165) is 17.7 Å². The van der Waals surface area contributed by atoms with Gasteiger partial charge in [0.2, 0.25) is 5.91 Å². The molecule has 0 N–H and O–H groups in total. The van der Waals surface area contributed by atoms with Crippen molar-refractivity contribution in [3.63, 3.8) is 0 Å². The molecule has 4 rings (SSSR count). The lowest BCUT2D eigenvalue weighted by Crippen LogP contribution is -2.50. The number of carbonyl (C=O) groups excluding carboxylic acids is 2. The Morgan fingerprint density at radius 2 is 1.66 bits per heavy atom. The van der Waals surface area contributed by atoms with Crippen LogP contribution in [0.1, 0.15) is 29.1 Å². The molecule has 3 aromatic rings. The Morgan fingerprint density at radius 3 is 2.38 bits per heavy atom. The zero-order valence-corrected chi connectivity index (χ0v) is 17.5. The number of amides is 2. The van der Waals surface area contributed by atoms with Crippen molar-refractivity contribution >= 4 is 11.8 Å². The maximum absolute atomic E-state index is 13.4. The highest BCUT2D eigenvalue weighted by molar-refractivity contribution is 5.94. The lowest BCUT2D eigenvalue weighted by atomic mass is 10.1. The van der Waals surface area contributed by atoms with Gasteiger partial charge in [0, 0.05) is 50.1 Å². The van der Waals surface area contributed by atoms with E-state index in [4.69, 9.17) is 4.42 Å². The molecule has 1 aliphatic rings. The Morgan fingerprint density at radius 1 is 0.938 bits per heavy atom. The zero-order chi connectivity index (χ0) is 22.5. The van der Waals surface area contributed by atoms with Crippen LogP contribution in [0.15, 0.2) is 59.1 Å². The Labute approximate surface area is 184 Å². The fourth-order valence-corrected chi connectivity index (χ4v) is 3.68. The van der Waals surface area contributed by atoms with Crippen LogP contribution < -0.4 is 0 Å². The molecular formula is C24H23F2N3O3. The molecule has 0 unspecified atom stereocenters. The highest BCUT2D eigenvalue weighted by Gasteiger charge is 2.25. The maximum atomic E-state index is 13.4. The maximum Gasteiger partial charge on any atom is 0.254 e. The second-order valence-electron chi connectivity index (χ2n) is 7.64. The summed E-state index contributed by atoms with van der Waals surface area (Å²) >= 11 is 0. The molecule has 1 saturated heterocycles. The number of nitrogens with zero attached hydrogens (tertiary/aromatic N) is 3. The van der Waals surface area contributed by atoms with Crippen LogP contribution in [0.2, 0.25) is 0 Å². The van der Waals surface area contributed by atoms with Crippen molar-refractivity contribution in [3.8, 4) is 11.3 Å². The highest BCUT2D eigenvalue weighted by Crippen LogP contribution is 2.21. The number of oxazole rings is 1. The molecule has 8 heteroatoms. The van der Waals surface area contributed by atoms with Crippen LogP contribution >= 0.6 is 0 Å². The third-order valence-electron chi connectivity index (χ3n) is 5.48. The first-order valence-electron chi connectivity index (χ1n) is 10.5. The molecule has 0 bridgehead atoms. The van der Waals surface area contributed by atoms with Crippen molar-refractivity contribution in [1.82, 2.24) is 14.8 Å². The molecule has 32 heavy (non-hydrogen) atoms. The average Bonchev–Trinajstić information content (AvgIpc) is 3.30. The molecule has 1 aliphatic heterocycles. The van der Waals surface area contributed by atoms with Crippen LogP contribution in [0.4, 0.5) is 8.78 Å². The number of rotatable bonds is 6. The third kappa shape index (κ3) is 5.01. The first-order chi connectivity index (χ1) is 15.5. The van der Waals surface area contributed by atoms with Gasteiger partial charge in [0.25, 0.3) is 5.91 Å². The van der Waals surface area contributed by atoms with Crippen molar-refractivity contribution in [2.24, 2.45) is 0 Å². The van der Waals surface area contributed by atoms with Gasteiger partial charge in [-0.3, -0.25) is 9.59 Å². The van der Waals surface area contributed by atoms with Gasteiger partial charge in [0.15, 0.2) is 23.3 Å². The van der Waals surface area contributed by atoms with Crippen molar-refractivity contribution in [1.29, 1.82) is 0 Å². The Bertz CT molecular complexity index is 1090. The smallest absolute Gasteiger partial charge is 0.254 e. The Kier molecular flexibility index (Phi) is 6.58. The summed E-state index contributed by atoms with van der Waals surface area (Å²) in [6.07, 6.45) is 3.23. The molecule has 0 radical (unpaired) electrons. The number of hydrogen-bond acceptors (Lipinski definition) is 4. The van der Waals surface area contributed by atoms with Gasteiger partial charge in [-0.2, -0.15) is 0 Å². The summed E-state index contributed by atoms with van der Waals surface area (Å²) in [6, 6.07) is 12.8. The predicted molar refractivity (Wildman–Crippen MR) is 114 cm³/mol. The molecule has 0 saturated carbocycles. The van der Waals surface area contributed by atoms with Gasteiger partial charge < -0.3 is 14.2 Å². The fraction of sp³-hybridized carbons (Fsp3) is 0.292. The van der Waals surface area contributed by atoms with Crippen LogP contribution in [-0.2, 0) is 11.2 Å². The molecule has 0 aliphatic carbocycles. The molecule has 166 valence electrons. The van der Waals surface area contributed by atoms with Gasteiger partial charge in [-0.1, -0.05) is 30.3 Å². The van der Waals surface area contributed by atoms with E-state index in [1.807, 2.05) is 30.3 Å². The van der Waals surface area contributed by atoms with Crippen molar-refractivity contribution < 1.29 is 22.8 Å². The van der Waals surface area contributed by atoms with E-state index in [1.54, 1.807) is 16.0 Å². The van der Waals surface area contributed by atoms with E-state index in [2.05, 4.69) is 4.98 Å². The van der Waals surface area contributed by atoms with Crippen LogP contribution in [0.5, 0.6) is 0 Å². The van der Waals surface area contributed by atoms with Gasteiger partial charge >= 0.3 is 0 Å². The van der Waals surface area contributed by atoms with E-state index in [0.29, 0.717) is 57.1 Å². The molecule has 2 heterocycles. The summed E-state index contributed by atoms with van der Waals surface area (Å²) in [5.74, 6) is -1.09. The van der Waals surface area contributed by atoms with Crippen LogP contribution in [-0.4, -0.2) is 52.8 Å². The van der Waals surface area contributed by atoms with Crippen LogP contribution in [0.3, 0.4) is 0 Å². The van der Waals surface area contributed by atoms with E-state index in [1.165, 1.54) is 6.07 Å². The van der Waals surface area contributed by atoms with Crippen molar-refractivity contribution in [2.75, 3.05) is 26.2 Å². The molecule has 2 aromatic carbocycles. The monoisotopic (exact) mass is 439 g/mol.